The molecule has 0 bridgehead atoms. The molecule has 1 saturated heterocycles. The van der Waals surface area contributed by atoms with Crippen LogP contribution in [0.25, 0.3) is 0 Å². The van der Waals surface area contributed by atoms with E-state index in [9.17, 15) is 9.59 Å². The van der Waals surface area contributed by atoms with Gasteiger partial charge in [0.2, 0.25) is 5.91 Å². The van der Waals surface area contributed by atoms with Crippen molar-refractivity contribution in [3.05, 3.63) is 0 Å². The van der Waals surface area contributed by atoms with Crippen molar-refractivity contribution in [1.29, 1.82) is 0 Å². The molecule has 1 heterocycles. The Labute approximate surface area is 157 Å². The average molecular weight is 370 g/mol. The monoisotopic (exact) mass is 369 g/mol. The summed E-state index contributed by atoms with van der Waals surface area (Å²) in [6.07, 6.45) is 4.02. The molecule has 4 atom stereocenters. The predicted octanol–water partition coefficient (Wildman–Crippen LogP) is 2.42. The predicted molar refractivity (Wildman–Crippen MR) is 101 cm³/mol. The summed E-state index contributed by atoms with van der Waals surface area (Å²) >= 11 is 0. The van der Waals surface area contributed by atoms with Crippen LogP contribution < -0.4 is 5.32 Å². The number of hydrogen-bond acceptors (Lipinski definition) is 6. The highest BCUT2D eigenvalue weighted by atomic mass is 16.6. The molecule has 0 aromatic heterocycles. The van der Waals surface area contributed by atoms with Gasteiger partial charge < -0.3 is 15.3 Å². The van der Waals surface area contributed by atoms with Crippen molar-refractivity contribution in [2.24, 2.45) is 17.0 Å². The second-order valence-electron chi connectivity index (χ2n) is 8.30. The van der Waals surface area contributed by atoms with Gasteiger partial charge in [0.1, 0.15) is 11.6 Å². The van der Waals surface area contributed by atoms with Crippen molar-refractivity contribution in [2.45, 2.75) is 78.5 Å². The maximum Gasteiger partial charge on any atom is 0.323 e. The summed E-state index contributed by atoms with van der Waals surface area (Å²) in [5.41, 5.74) is -0.543. The number of carbonyl (C=O) groups excluding carboxylic acids is 2. The van der Waals surface area contributed by atoms with Gasteiger partial charge in [-0.25, -0.2) is 0 Å². The third kappa shape index (κ3) is 7.32. The van der Waals surface area contributed by atoms with Crippen molar-refractivity contribution in [2.75, 3.05) is 13.1 Å². The Morgan fingerprint density at radius 3 is 2.58 bits per heavy atom. The lowest BCUT2D eigenvalue weighted by Crippen LogP contribution is -2.46. The first-order valence-corrected chi connectivity index (χ1v) is 9.49. The summed E-state index contributed by atoms with van der Waals surface area (Å²) in [5.74, 6) is -0.0442. The molecule has 0 saturated carbocycles. The lowest BCUT2D eigenvalue weighted by Gasteiger charge is -2.32. The Morgan fingerprint density at radius 1 is 1.42 bits per heavy atom. The molecule has 1 fully saturated rings. The van der Waals surface area contributed by atoms with Gasteiger partial charge in [0.25, 0.3) is 0 Å². The largest absolute Gasteiger partial charge is 0.459 e. The summed E-state index contributed by atoms with van der Waals surface area (Å²) in [6.45, 7) is 12.5. The quantitative estimate of drug-likeness (QED) is 0.297. The average Bonchev–Trinajstić information content (AvgIpc) is 2.87. The zero-order valence-electron chi connectivity index (χ0n) is 17.0. The SMILES string of the molecule is CCC[C@@H](CN1CC(C=NO)CC1C(=O)OC(C)(C)C)C(C)NC(C)=O. The maximum absolute atomic E-state index is 12.7. The van der Waals surface area contributed by atoms with Crippen molar-refractivity contribution < 1.29 is 19.5 Å². The Kier molecular flexibility index (Phi) is 8.53. The summed E-state index contributed by atoms with van der Waals surface area (Å²) < 4.78 is 5.59. The highest BCUT2D eigenvalue weighted by Crippen LogP contribution is 2.27. The molecular weight excluding hydrogens is 334 g/mol. The van der Waals surface area contributed by atoms with E-state index in [0.717, 1.165) is 12.8 Å². The Morgan fingerprint density at radius 2 is 2.08 bits per heavy atom. The molecule has 0 aliphatic carbocycles. The Bertz CT molecular complexity index is 502. The van der Waals surface area contributed by atoms with E-state index in [2.05, 4.69) is 22.3 Å². The second kappa shape index (κ2) is 9.90. The number of likely N-dealkylation sites (tertiary alicyclic amines) is 1. The number of carbonyl (C=O) groups is 2. The number of amides is 1. The molecule has 1 aliphatic heterocycles. The number of hydrogen-bond donors (Lipinski definition) is 2. The minimum Gasteiger partial charge on any atom is -0.459 e. The first kappa shape index (κ1) is 22.4. The third-order valence-electron chi connectivity index (χ3n) is 4.66. The zero-order chi connectivity index (χ0) is 19.9. The standard InChI is InChI=1S/C19H35N3O4/c1-7-8-16(13(2)21-14(3)23)12-22-11-15(10-20-25)9-17(22)18(24)26-19(4,5)6/h10,13,15-17,25H,7-9,11-12H2,1-6H3,(H,21,23)/t13?,15?,16-,17?/m0/s1. The topological polar surface area (TPSA) is 91.2 Å². The lowest BCUT2D eigenvalue weighted by molar-refractivity contribution is -0.160. The highest BCUT2D eigenvalue weighted by Gasteiger charge is 2.40. The van der Waals surface area contributed by atoms with E-state index >= 15 is 0 Å². The number of ether oxygens (including phenoxy) is 1. The van der Waals surface area contributed by atoms with Crippen LogP contribution in [0.5, 0.6) is 0 Å². The Hall–Kier alpha value is -1.63. The molecule has 0 radical (unpaired) electrons. The Balaban J connectivity index is 2.90. The van der Waals surface area contributed by atoms with E-state index in [1.165, 1.54) is 13.1 Å². The van der Waals surface area contributed by atoms with Gasteiger partial charge in [-0.15, -0.1) is 5.16 Å². The van der Waals surface area contributed by atoms with E-state index in [0.29, 0.717) is 19.5 Å². The fraction of sp³-hybridized carbons (Fsp3) is 0.842. The van der Waals surface area contributed by atoms with E-state index in [1.54, 1.807) is 0 Å². The highest BCUT2D eigenvalue weighted by molar-refractivity contribution is 5.78. The van der Waals surface area contributed by atoms with E-state index in [1.807, 2.05) is 27.7 Å². The van der Waals surface area contributed by atoms with Crippen LogP contribution in [-0.4, -0.2) is 59.0 Å². The fourth-order valence-corrected chi connectivity index (χ4v) is 3.57. The second-order valence-corrected chi connectivity index (χ2v) is 8.30. The van der Waals surface area contributed by atoms with Gasteiger partial charge in [-0.1, -0.05) is 13.3 Å². The van der Waals surface area contributed by atoms with Gasteiger partial charge in [-0.3, -0.25) is 14.5 Å². The molecule has 26 heavy (non-hydrogen) atoms. The van der Waals surface area contributed by atoms with Gasteiger partial charge in [0.15, 0.2) is 0 Å². The number of esters is 1. The molecular formula is C19H35N3O4. The molecule has 3 unspecified atom stereocenters. The molecule has 0 aromatic rings. The third-order valence-corrected chi connectivity index (χ3v) is 4.66. The van der Waals surface area contributed by atoms with Gasteiger partial charge in [-0.2, -0.15) is 0 Å². The number of nitrogens with one attached hydrogen (secondary N) is 1. The van der Waals surface area contributed by atoms with Crippen molar-refractivity contribution in [1.82, 2.24) is 10.2 Å². The van der Waals surface area contributed by atoms with Crippen LogP contribution >= 0.6 is 0 Å². The molecule has 1 rings (SSSR count). The first-order chi connectivity index (χ1) is 12.1. The van der Waals surface area contributed by atoms with E-state index < -0.39 is 5.60 Å². The summed E-state index contributed by atoms with van der Waals surface area (Å²) in [4.78, 5) is 26.2. The zero-order valence-corrected chi connectivity index (χ0v) is 17.0. The summed E-state index contributed by atoms with van der Waals surface area (Å²) in [6, 6.07) is -0.335. The molecule has 150 valence electrons. The molecule has 7 heteroatoms. The van der Waals surface area contributed by atoms with Crippen LogP contribution in [0.15, 0.2) is 5.16 Å². The van der Waals surface area contributed by atoms with Gasteiger partial charge in [-0.05, 0) is 46.5 Å². The lowest BCUT2D eigenvalue weighted by atomic mass is 9.95. The van der Waals surface area contributed by atoms with Crippen molar-refractivity contribution >= 4 is 18.1 Å². The smallest absolute Gasteiger partial charge is 0.323 e. The van der Waals surface area contributed by atoms with Crippen LogP contribution in [0, 0.1) is 11.8 Å². The van der Waals surface area contributed by atoms with Crippen LogP contribution in [0.1, 0.15) is 60.8 Å². The van der Waals surface area contributed by atoms with Crippen LogP contribution in [0.4, 0.5) is 0 Å². The molecule has 1 aliphatic rings. The minimum absolute atomic E-state index is 0.0101. The molecule has 2 N–H and O–H groups in total. The molecule has 7 nitrogen and oxygen atoms in total. The molecule has 1 amide bonds. The van der Waals surface area contributed by atoms with Gasteiger partial charge in [0.05, 0.1) is 0 Å². The maximum atomic E-state index is 12.7. The van der Waals surface area contributed by atoms with E-state index in [4.69, 9.17) is 9.94 Å². The number of oxime groups is 1. The summed E-state index contributed by atoms with van der Waals surface area (Å²) in [5, 5.41) is 15.0. The van der Waals surface area contributed by atoms with Gasteiger partial charge >= 0.3 is 5.97 Å². The van der Waals surface area contributed by atoms with Crippen LogP contribution in [0.3, 0.4) is 0 Å². The summed E-state index contributed by atoms with van der Waals surface area (Å²) in [7, 11) is 0. The first-order valence-electron chi connectivity index (χ1n) is 9.49. The van der Waals surface area contributed by atoms with Crippen LogP contribution in [0.2, 0.25) is 0 Å². The van der Waals surface area contributed by atoms with Crippen molar-refractivity contribution in [3.8, 4) is 0 Å². The van der Waals surface area contributed by atoms with Crippen molar-refractivity contribution in [3.63, 3.8) is 0 Å². The fourth-order valence-electron chi connectivity index (χ4n) is 3.57. The minimum atomic E-state index is -0.543. The van der Waals surface area contributed by atoms with E-state index in [-0.39, 0.29) is 35.8 Å². The number of nitrogens with zero attached hydrogens (tertiary/aromatic N) is 2. The molecule has 0 spiro atoms. The molecule has 0 aromatic carbocycles. The van der Waals surface area contributed by atoms with Crippen LogP contribution in [-0.2, 0) is 14.3 Å². The van der Waals surface area contributed by atoms with Gasteiger partial charge in [0, 0.05) is 38.2 Å². The normalized spacial score (nSPS) is 23.8. The number of rotatable bonds is 8.